The summed E-state index contributed by atoms with van der Waals surface area (Å²) in [6.45, 7) is 6.60. The van der Waals surface area contributed by atoms with E-state index in [9.17, 15) is 0 Å². The Labute approximate surface area is 141 Å². The van der Waals surface area contributed by atoms with E-state index in [0.29, 0.717) is 0 Å². The molecule has 1 aliphatic carbocycles. The molecular formula is C17H25N3S2. The Morgan fingerprint density at radius 3 is 2.73 bits per heavy atom. The number of aromatic nitrogens is 2. The van der Waals surface area contributed by atoms with Crippen molar-refractivity contribution in [2.24, 2.45) is 0 Å². The fourth-order valence-corrected chi connectivity index (χ4v) is 4.88. The summed E-state index contributed by atoms with van der Waals surface area (Å²) in [4.78, 5) is 14.9. The van der Waals surface area contributed by atoms with Crippen molar-refractivity contribution in [3.8, 4) is 0 Å². The molecule has 0 saturated heterocycles. The number of anilines is 1. The van der Waals surface area contributed by atoms with Crippen molar-refractivity contribution in [2.75, 3.05) is 24.2 Å². The summed E-state index contributed by atoms with van der Waals surface area (Å²) in [5, 5.41) is 2.27. The van der Waals surface area contributed by atoms with Gasteiger partial charge >= 0.3 is 0 Å². The molecule has 5 heteroatoms. The highest BCUT2D eigenvalue weighted by Gasteiger charge is 2.23. The number of hydrogen-bond donors (Lipinski definition) is 0. The van der Waals surface area contributed by atoms with Crippen LogP contribution in [0.2, 0.25) is 0 Å². The van der Waals surface area contributed by atoms with Crippen molar-refractivity contribution in [1.29, 1.82) is 0 Å². The molecule has 0 saturated carbocycles. The summed E-state index contributed by atoms with van der Waals surface area (Å²) < 4.78 is 0. The van der Waals surface area contributed by atoms with E-state index in [1.54, 1.807) is 22.2 Å². The molecule has 0 N–H and O–H groups in total. The van der Waals surface area contributed by atoms with Gasteiger partial charge < -0.3 is 4.90 Å². The van der Waals surface area contributed by atoms with Crippen molar-refractivity contribution in [3.05, 3.63) is 10.4 Å². The number of rotatable bonds is 6. The fourth-order valence-electron chi connectivity index (χ4n) is 3.20. The molecule has 2 aromatic heterocycles. The molecule has 3 rings (SSSR count). The zero-order valence-corrected chi connectivity index (χ0v) is 15.4. The average Bonchev–Trinajstić information content (AvgIpc) is 2.93. The van der Waals surface area contributed by atoms with Gasteiger partial charge in [0.1, 0.15) is 10.6 Å². The maximum Gasteiger partial charge on any atom is 0.190 e. The van der Waals surface area contributed by atoms with E-state index in [1.807, 2.05) is 11.3 Å². The van der Waals surface area contributed by atoms with Gasteiger partial charge in [0.15, 0.2) is 5.16 Å². The van der Waals surface area contributed by atoms with Gasteiger partial charge in [0.05, 0.1) is 5.39 Å². The van der Waals surface area contributed by atoms with Gasteiger partial charge in [-0.2, -0.15) is 0 Å². The quantitative estimate of drug-likeness (QED) is 0.553. The van der Waals surface area contributed by atoms with Crippen molar-refractivity contribution >= 4 is 39.1 Å². The molecule has 0 spiro atoms. The van der Waals surface area contributed by atoms with Crippen molar-refractivity contribution in [3.63, 3.8) is 0 Å². The lowest BCUT2D eigenvalue weighted by atomic mass is 9.97. The second-order valence-corrected chi connectivity index (χ2v) is 7.72. The molecule has 1 aliphatic rings. The minimum Gasteiger partial charge on any atom is -0.356 e. The van der Waals surface area contributed by atoms with Crippen LogP contribution < -0.4 is 4.90 Å². The molecule has 3 nitrogen and oxygen atoms in total. The molecule has 2 heterocycles. The first kappa shape index (κ1) is 16.1. The van der Waals surface area contributed by atoms with Crippen molar-refractivity contribution in [2.45, 2.75) is 57.5 Å². The van der Waals surface area contributed by atoms with Gasteiger partial charge in [-0.25, -0.2) is 9.97 Å². The monoisotopic (exact) mass is 335 g/mol. The van der Waals surface area contributed by atoms with Crippen molar-refractivity contribution in [1.82, 2.24) is 9.97 Å². The highest BCUT2D eigenvalue weighted by atomic mass is 32.2. The third-order valence-corrected chi connectivity index (χ3v) is 6.15. The first-order valence-electron chi connectivity index (χ1n) is 8.39. The zero-order valence-electron chi connectivity index (χ0n) is 13.8. The van der Waals surface area contributed by atoms with Crippen LogP contribution in [-0.2, 0) is 12.8 Å². The molecule has 22 heavy (non-hydrogen) atoms. The lowest BCUT2D eigenvalue weighted by Crippen LogP contribution is -2.25. The maximum atomic E-state index is 4.91. The number of unbranched alkanes of at least 4 members (excludes halogenated alkanes) is 1. The number of aryl methyl sites for hydroxylation is 2. The fraction of sp³-hybridized carbons (Fsp3) is 0.647. The molecule has 0 aliphatic heterocycles. The lowest BCUT2D eigenvalue weighted by Gasteiger charge is -2.24. The Morgan fingerprint density at radius 2 is 2.00 bits per heavy atom. The summed E-state index contributed by atoms with van der Waals surface area (Å²) in [6, 6.07) is 0. The Morgan fingerprint density at radius 1 is 1.18 bits per heavy atom. The minimum absolute atomic E-state index is 0.913. The number of thioether (sulfide) groups is 1. The minimum atomic E-state index is 0.913. The Bertz CT molecular complexity index is 651. The standard InChI is InChI=1S/C17H25N3S2/c1-4-6-11-20(5-2)15-14-12-9-7-8-10-13(12)22-16(14)19-17(18-15)21-3/h4-11H2,1-3H3. The lowest BCUT2D eigenvalue weighted by molar-refractivity contribution is 0.697. The van der Waals surface area contributed by atoms with E-state index in [2.05, 4.69) is 25.0 Å². The van der Waals surface area contributed by atoms with Crippen LogP contribution >= 0.6 is 23.1 Å². The SMILES string of the molecule is CCCCN(CC)c1nc(SC)nc2sc3c(c12)CCCC3. The van der Waals surface area contributed by atoms with E-state index >= 15 is 0 Å². The topological polar surface area (TPSA) is 29.0 Å². The third kappa shape index (κ3) is 2.98. The summed E-state index contributed by atoms with van der Waals surface area (Å²) in [6.07, 6.45) is 9.58. The molecule has 0 aromatic carbocycles. The summed E-state index contributed by atoms with van der Waals surface area (Å²) >= 11 is 3.56. The molecule has 0 fully saturated rings. The number of hydrogen-bond acceptors (Lipinski definition) is 5. The van der Waals surface area contributed by atoms with E-state index in [4.69, 9.17) is 9.97 Å². The largest absolute Gasteiger partial charge is 0.356 e. The normalized spacial score (nSPS) is 14.3. The molecule has 2 aromatic rings. The van der Waals surface area contributed by atoms with Gasteiger partial charge in [-0.05, 0) is 50.8 Å². The van der Waals surface area contributed by atoms with Crippen LogP contribution in [0.15, 0.2) is 5.16 Å². The summed E-state index contributed by atoms with van der Waals surface area (Å²) in [5.41, 5.74) is 1.55. The van der Waals surface area contributed by atoms with Crippen LogP contribution in [0.5, 0.6) is 0 Å². The predicted molar refractivity (Wildman–Crippen MR) is 98.6 cm³/mol. The molecule has 120 valence electrons. The highest BCUT2D eigenvalue weighted by Crippen LogP contribution is 2.40. The Kier molecular flexibility index (Phi) is 5.24. The predicted octanol–water partition coefficient (Wildman–Crippen LogP) is 4.92. The second kappa shape index (κ2) is 7.18. The Hall–Kier alpha value is -0.810. The van der Waals surface area contributed by atoms with Crippen molar-refractivity contribution < 1.29 is 0 Å². The van der Waals surface area contributed by atoms with Gasteiger partial charge in [-0.1, -0.05) is 25.1 Å². The number of thiophene rings is 1. The van der Waals surface area contributed by atoms with Crippen LogP contribution in [0.25, 0.3) is 10.2 Å². The number of nitrogens with zero attached hydrogens (tertiary/aromatic N) is 3. The molecule has 0 radical (unpaired) electrons. The van der Waals surface area contributed by atoms with Crippen LogP contribution in [0.3, 0.4) is 0 Å². The molecule has 0 unspecified atom stereocenters. The summed E-state index contributed by atoms with van der Waals surface area (Å²) in [7, 11) is 0. The molecule has 0 atom stereocenters. The van der Waals surface area contributed by atoms with Gasteiger partial charge in [0.2, 0.25) is 0 Å². The van der Waals surface area contributed by atoms with Gasteiger partial charge in [-0.15, -0.1) is 11.3 Å². The van der Waals surface area contributed by atoms with E-state index in [-0.39, 0.29) is 0 Å². The van der Waals surface area contributed by atoms with E-state index < -0.39 is 0 Å². The smallest absolute Gasteiger partial charge is 0.190 e. The second-order valence-electron chi connectivity index (χ2n) is 5.86. The first-order valence-corrected chi connectivity index (χ1v) is 10.4. The van der Waals surface area contributed by atoms with Crippen LogP contribution in [0, 0.1) is 0 Å². The maximum absolute atomic E-state index is 4.91. The van der Waals surface area contributed by atoms with Gasteiger partial charge in [0.25, 0.3) is 0 Å². The molecule has 0 bridgehead atoms. The zero-order chi connectivity index (χ0) is 15.5. The first-order chi connectivity index (χ1) is 10.8. The Balaban J connectivity index is 2.14. The van der Waals surface area contributed by atoms with E-state index in [0.717, 1.165) is 18.2 Å². The molecular weight excluding hydrogens is 310 g/mol. The van der Waals surface area contributed by atoms with E-state index in [1.165, 1.54) is 54.6 Å². The molecule has 0 amide bonds. The van der Waals surface area contributed by atoms with Gasteiger partial charge in [0, 0.05) is 18.0 Å². The summed E-state index contributed by atoms with van der Waals surface area (Å²) in [5.74, 6) is 1.18. The average molecular weight is 336 g/mol. The number of fused-ring (bicyclic) bond motifs is 3. The van der Waals surface area contributed by atoms with Gasteiger partial charge in [-0.3, -0.25) is 0 Å². The van der Waals surface area contributed by atoms with Crippen LogP contribution in [-0.4, -0.2) is 29.3 Å². The van der Waals surface area contributed by atoms with Crippen LogP contribution in [0.1, 0.15) is 50.0 Å². The third-order valence-electron chi connectivity index (χ3n) is 4.42. The van der Waals surface area contributed by atoms with Crippen LogP contribution in [0.4, 0.5) is 5.82 Å². The highest BCUT2D eigenvalue weighted by molar-refractivity contribution is 7.98.